The molecule has 1 aromatic heterocycles. The quantitative estimate of drug-likeness (QED) is 0.803. The highest BCUT2D eigenvalue weighted by Crippen LogP contribution is 2.26. The molecule has 0 unspecified atom stereocenters. The van der Waals surface area contributed by atoms with Gasteiger partial charge < -0.3 is 10.6 Å². The molecular formula is C15H18BrFN4. The highest BCUT2D eigenvalue weighted by molar-refractivity contribution is 9.10. The fraction of sp³-hybridized carbons (Fsp3) is 0.333. The number of anilines is 3. The van der Waals surface area contributed by atoms with Crippen LogP contribution < -0.4 is 10.6 Å². The molecule has 0 aliphatic rings. The largest absolute Gasteiger partial charge is 0.370 e. The predicted molar refractivity (Wildman–Crippen MR) is 87.6 cm³/mol. The first-order valence-electron chi connectivity index (χ1n) is 6.95. The third-order valence-electron chi connectivity index (χ3n) is 2.97. The Morgan fingerprint density at radius 2 is 1.95 bits per heavy atom. The molecule has 0 bridgehead atoms. The number of halogens is 2. The third-order valence-corrected chi connectivity index (χ3v) is 3.62. The average Bonchev–Trinajstić information content (AvgIpc) is 2.46. The van der Waals surface area contributed by atoms with Crippen LogP contribution in [0.4, 0.5) is 21.7 Å². The maximum absolute atomic E-state index is 13.6. The lowest BCUT2D eigenvalue weighted by Crippen LogP contribution is -2.08. The summed E-state index contributed by atoms with van der Waals surface area (Å²) >= 11 is 3.15. The Kier molecular flexibility index (Phi) is 5.50. The van der Waals surface area contributed by atoms with E-state index in [0.29, 0.717) is 16.0 Å². The van der Waals surface area contributed by atoms with Gasteiger partial charge in [-0.25, -0.2) is 14.4 Å². The van der Waals surface area contributed by atoms with E-state index < -0.39 is 0 Å². The van der Waals surface area contributed by atoms with E-state index >= 15 is 0 Å². The molecule has 0 saturated carbocycles. The summed E-state index contributed by atoms with van der Waals surface area (Å²) in [6.45, 7) is 4.92. The molecular weight excluding hydrogens is 335 g/mol. The van der Waals surface area contributed by atoms with Crippen molar-refractivity contribution in [3.8, 4) is 0 Å². The van der Waals surface area contributed by atoms with E-state index in [0.717, 1.165) is 30.8 Å². The highest BCUT2D eigenvalue weighted by atomic mass is 79.9. The first-order chi connectivity index (χ1) is 10.2. The van der Waals surface area contributed by atoms with Gasteiger partial charge in [0.05, 0.1) is 4.47 Å². The minimum absolute atomic E-state index is 0.307. The van der Waals surface area contributed by atoms with Crippen LogP contribution in [0.3, 0.4) is 0 Å². The number of aromatic nitrogens is 2. The van der Waals surface area contributed by atoms with Gasteiger partial charge in [0.15, 0.2) is 0 Å². The standard InChI is InChI=1S/C15H18BrFN4/c1-3-5-11-14(18-4-2)19-9-20-15(11)21-10-6-7-12(16)13(17)8-10/h6-9H,3-5H2,1-2H3,(H2,18,19,20,21). The van der Waals surface area contributed by atoms with Gasteiger partial charge in [0.1, 0.15) is 23.8 Å². The van der Waals surface area contributed by atoms with Crippen molar-refractivity contribution in [1.29, 1.82) is 0 Å². The average molecular weight is 353 g/mol. The Hall–Kier alpha value is -1.69. The Morgan fingerprint density at radius 1 is 1.19 bits per heavy atom. The number of hydrogen-bond donors (Lipinski definition) is 2. The monoisotopic (exact) mass is 352 g/mol. The van der Waals surface area contributed by atoms with Crippen LogP contribution in [0, 0.1) is 5.82 Å². The van der Waals surface area contributed by atoms with Crippen molar-refractivity contribution in [2.75, 3.05) is 17.2 Å². The molecule has 112 valence electrons. The van der Waals surface area contributed by atoms with E-state index in [-0.39, 0.29) is 5.82 Å². The van der Waals surface area contributed by atoms with E-state index in [2.05, 4.69) is 43.5 Å². The van der Waals surface area contributed by atoms with Crippen molar-refractivity contribution in [1.82, 2.24) is 9.97 Å². The van der Waals surface area contributed by atoms with Crippen LogP contribution in [-0.4, -0.2) is 16.5 Å². The van der Waals surface area contributed by atoms with Crippen LogP contribution in [0.15, 0.2) is 29.0 Å². The minimum atomic E-state index is -0.307. The predicted octanol–water partition coefficient (Wildman–Crippen LogP) is 4.51. The fourth-order valence-electron chi connectivity index (χ4n) is 2.04. The zero-order chi connectivity index (χ0) is 15.2. The van der Waals surface area contributed by atoms with Crippen molar-refractivity contribution in [3.05, 3.63) is 40.4 Å². The minimum Gasteiger partial charge on any atom is -0.370 e. The van der Waals surface area contributed by atoms with Crippen LogP contribution in [0.1, 0.15) is 25.8 Å². The molecule has 0 spiro atoms. The van der Waals surface area contributed by atoms with Gasteiger partial charge in [-0.05, 0) is 47.5 Å². The first kappa shape index (κ1) is 15.7. The number of nitrogens with zero attached hydrogens (tertiary/aromatic N) is 2. The van der Waals surface area contributed by atoms with Gasteiger partial charge in [0, 0.05) is 17.8 Å². The van der Waals surface area contributed by atoms with E-state index in [4.69, 9.17) is 0 Å². The van der Waals surface area contributed by atoms with E-state index in [1.807, 2.05) is 6.92 Å². The molecule has 0 aliphatic heterocycles. The third kappa shape index (κ3) is 3.91. The molecule has 0 radical (unpaired) electrons. The van der Waals surface area contributed by atoms with Crippen molar-refractivity contribution < 1.29 is 4.39 Å². The van der Waals surface area contributed by atoms with Crippen molar-refractivity contribution >= 4 is 33.3 Å². The summed E-state index contributed by atoms with van der Waals surface area (Å²) in [5.41, 5.74) is 1.68. The van der Waals surface area contributed by atoms with Gasteiger partial charge in [-0.2, -0.15) is 0 Å². The number of hydrogen-bond acceptors (Lipinski definition) is 4. The highest BCUT2D eigenvalue weighted by Gasteiger charge is 2.11. The van der Waals surface area contributed by atoms with Crippen LogP contribution in [-0.2, 0) is 6.42 Å². The molecule has 6 heteroatoms. The van der Waals surface area contributed by atoms with Crippen molar-refractivity contribution in [2.45, 2.75) is 26.7 Å². The molecule has 0 atom stereocenters. The maximum Gasteiger partial charge on any atom is 0.139 e. The number of nitrogens with one attached hydrogen (secondary N) is 2. The zero-order valence-corrected chi connectivity index (χ0v) is 13.7. The van der Waals surface area contributed by atoms with E-state index in [1.165, 1.54) is 12.4 Å². The summed E-state index contributed by atoms with van der Waals surface area (Å²) in [5, 5.41) is 6.41. The number of rotatable bonds is 6. The summed E-state index contributed by atoms with van der Waals surface area (Å²) in [6, 6.07) is 4.91. The fourth-order valence-corrected chi connectivity index (χ4v) is 2.28. The molecule has 1 aromatic carbocycles. The topological polar surface area (TPSA) is 49.8 Å². The molecule has 1 heterocycles. The lowest BCUT2D eigenvalue weighted by atomic mass is 10.1. The van der Waals surface area contributed by atoms with E-state index in [9.17, 15) is 4.39 Å². The van der Waals surface area contributed by atoms with Crippen LogP contribution in [0.2, 0.25) is 0 Å². The summed E-state index contributed by atoms with van der Waals surface area (Å²) in [6.07, 6.45) is 3.34. The maximum atomic E-state index is 13.6. The summed E-state index contributed by atoms with van der Waals surface area (Å²) in [5.74, 6) is 1.23. The Balaban J connectivity index is 2.33. The Labute approximate surface area is 132 Å². The molecule has 21 heavy (non-hydrogen) atoms. The smallest absolute Gasteiger partial charge is 0.139 e. The molecule has 2 rings (SSSR count). The summed E-state index contributed by atoms with van der Waals surface area (Å²) in [7, 11) is 0. The van der Waals surface area contributed by atoms with Gasteiger partial charge in [0.2, 0.25) is 0 Å². The Bertz CT molecular complexity index is 619. The molecule has 2 N–H and O–H groups in total. The molecule has 0 amide bonds. The molecule has 2 aromatic rings. The van der Waals surface area contributed by atoms with Crippen molar-refractivity contribution in [2.24, 2.45) is 0 Å². The molecule has 4 nitrogen and oxygen atoms in total. The summed E-state index contributed by atoms with van der Waals surface area (Å²) in [4.78, 5) is 8.57. The first-order valence-corrected chi connectivity index (χ1v) is 7.74. The zero-order valence-electron chi connectivity index (χ0n) is 12.1. The van der Waals surface area contributed by atoms with Gasteiger partial charge >= 0.3 is 0 Å². The van der Waals surface area contributed by atoms with Gasteiger partial charge in [0.25, 0.3) is 0 Å². The molecule has 0 aliphatic carbocycles. The lowest BCUT2D eigenvalue weighted by molar-refractivity contribution is 0.622. The van der Waals surface area contributed by atoms with Gasteiger partial charge in [-0.3, -0.25) is 0 Å². The van der Waals surface area contributed by atoms with E-state index in [1.54, 1.807) is 12.1 Å². The second-order valence-electron chi connectivity index (χ2n) is 4.58. The van der Waals surface area contributed by atoms with Crippen LogP contribution >= 0.6 is 15.9 Å². The van der Waals surface area contributed by atoms with Crippen LogP contribution in [0.25, 0.3) is 0 Å². The second kappa shape index (κ2) is 7.36. The second-order valence-corrected chi connectivity index (χ2v) is 5.44. The summed E-state index contributed by atoms with van der Waals surface area (Å²) < 4.78 is 14.0. The van der Waals surface area contributed by atoms with Gasteiger partial charge in [-0.15, -0.1) is 0 Å². The molecule has 0 fully saturated rings. The normalized spacial score (nSPS) is 10.5. The van der Waals surface area contributed by atoms with Crippen LogP contribution in [0.5, 0.6) is 0 Å². The molecule has 0 saturated heterocycles. The van der Waals surface area contributed by atoms with Crippen molar-refractivity contribution in [3.63, 3.8) is 0 Å². The Morgan fingerprint density at radius 3 is 2.62 bits per heavy atom. The SMILES string of the molecule is CCCc1c(NCC)ncnc1Nc1ccc(Br)c(F)c1. The lowest BCUT2D eigenvalue weighted by Gasteiger charge is -2.14. The van der Waals surface area contributed by atoms with Gasteiger partial charge in [-0.1, -0.05) is 13.3 Å². The number of benzene rings is 1.